The van der Waals surface area contributed by atoms with Gasteiger partial charge in [-0.05, 0) is 24.3 Å². The van der Waals surface area contributed by atoms with E-state index in [1.54, 1.807) is 0 Å². The molecule has 3 N–H and O–H groups in total. The highest BCUT2D eigenvalue weighted by molar-refractivity contribution is 5.71. The smallest absolute Gasteiger partial charge is 0.313 e. The Morgan fingerprint density at radius 2 is 1.96 bits per heavy atom. The van der Waals surface area contributed by atoms with Crippen LogP contribution in [0.2, 0.25) is 0 Å². The minimum absolute atomic E-state index is 0.0429. The molecule has 25 heavy (non-hydrogen) atoms. The van der Waals surface area contributed by atoms with Crippen molar-refractivity contribution in [1.29, 1.82) is 0 Å². The summed E-state index contributed by atoms with van der Waals surface area (Å²) in [7, 11) is 1.31. The summed E-state index contributed by atoms with van der Waals surface area (Å²) >= 11 is 0. The number of hydrogen-bond donors (Lipinski definition) is 2. The fraction of sp³-hybridized carbons (Fsp3) is 0.375. The second kappa shape index (κ2) is 7.75. The van der Waals surface area contributed by atoms with Gasteiger partial charge < -0.3 is 25.4 Å². The zero-order valence-electron chi connectivity index (χ0n) is 13.9. The van der Waals surface area contributed by atoms with E-state index < -0.39 is 5.97 Å². The Kier molecular flexibility index (Phi) is 5.24. The van der Waals surface area contributed by atoms with Gasteiger partial charge in [-0.25, -0.2) is 0 Å². The van der Waals surface area contributed by atoms with Gasteiger partial charge in [-0.2, -0.15) is 15.0 Å². The fourth-order valence-corrected chi connectivity index (χ4v) is 2.48. The van der Waals surface area contributed by atoms with E-state index in [0.29, 0.717) is 0 Å². The van der Waals surface area contributed by atoms with Crippen molar-refractivity contribution in [2.45, 2.75) is 6.42 Å². The first kappa shape index (κ1) is 16.9. The van der Waals surface area contributed by atoms with E-state index in [1.165, 1.54) is 7.11 Å². The highest BCUT2D eigenvalue weighted by atomic mass is 16.5. The number of carbonyl (C=O) groups excluding carboxylic acids is 1. The summed E-state index contributed by atoms with van der Waals surface area (Å²) in [6.07, 6.45) is -0.0616. The van der Waals surface area contributed by atoms with E-state index in [0.717, 1.165) is 37.7 Å². The van der Waals surface area contributed by atoms with E-state index in [1.807, 2.05) is 24.3 Å². The third-order valence-electron chi connectivity index (χ3n) is 3.73. The molecular formula is C16H20N6O3. The standard InChI is InChI=1S/C16H20N6O3/c1-24-14(23)10-13-19-15(17)21-16(20-13)18-11-2-4-12(5-3-11)22-6-8-25-9-7-22/h2-5H,6-10H2,1H3,(H3,17,18,19,20,21). The van der Waals surface area contributed by atoms with Crippen molar-refractivity contribution in [3.05, 3.63) is 30.1 Å². The van der Waals surface area contributed by atoms with E-state index >= 15 is 0 Å². The summed E-state index contributed by atoms with van der Waals surface area (Å²) in [4.78, 5) is 25.8. The van der Waals surface area contributed by atoms with Gasteiger partial charge in [0.25, 0.3) is 0 Å². The van der Waals surface area contributed by atoms with Crippen LogP contribution in [0.1, 0.15) is 5.82 Å². The molecule has 132 valence electrons. The molecule has 1 aliphatic heterocycles. The molecule has 1 saturated heterocycles. The Morgan fingerprint density at radius 3 is 2.64 bits per heavy atom. The lowest BCUT2D eigenvalue weighted by atomic mass is 10.2. The van der Waals surface area contributed by atoms with Crippen LogP contribution in [0.25, 0.3) is 0 Å². The van der Waals surface area contributed by atoms with Gasteiger partial charge in [0, 0.05) is 24.5 Å². The molecule has 3 rings (SSSR count). The number of ether oxygens (including phenoxy) is 2. The molecule has 1 aromatic heterocycles. The lowest BCUT2D eigenvalue weighted by molar-refractivity contribution is -0.139. The van der Waals surface area contributed by atoms with E-state index in [2.05, 4.69) is 29.9 Å². The molecular weight excluding hydrogens is 324 g/mol. The summed E-state index contributed by atoms with van der Waals surface area (Å²) in [6.45, 7) is 3.25. The maximum Gasteiger partial charge on any atom is 0.313 e. The van der Waals surface area contributed by atoms with Crippen molar-refractivity contribution in [3.63, 3.8) is 0 Å². The van der Waals surface area contributed by atoms with Crippen LogP contribution in [0.15, 0.2) is 24.3 Å². The Morgan fingerprint density at radius 1 is 1.24 bits per heavy atom. The van der Waals surface area contributed by atoms with Gasteiger partial charge in [0.2, 0.25) is 11.9 Å². The van der Waals surface area contributed by atoms with E-state index in [4.69, 9.17) is 10.5 Å². The number of hydrogen-bond acceptors (Lipinski definition) is 9. The molecule has 0 aliphatic carbocycles. The van der Waals surface area contributed by atoms with Crippen molar-refractivity contribution in [1.82, 2.24) is 15.0 Å². The molecule has 9 nitrogen and oxygen atoms in total. The van der Waals surface area contributed by atoms with Gasteiger partial charge in [0.1, 0.15) is 12.2 Å². The summed E-state index contributed by atoms with van der Waals surface area (Å²) in [5.41, 5.74) is 7.63. The summed E-state index contributed by atoms with van der Waals surface area (Å²) < 4.78 is 9.97. The van der Waals surface area contributed by atoms with Gasteiger partial charge in [-0.15, -0.1) is 0 Å². The van der Waals surface area contributed by atoms with Crippen LogP contribution in [0.4, 0.5) is 23.3 Å². The number of benzene rings is 1. The maximum absolute atomic E-state index is 11.4. The predicted molar refractivity (Wildman–Crippen MR) is 92.7 cm³/mol. The highest BCUT2D eigenvalue weighted by Gasteiger charge is 2.12. The molecule has 2 aromatic rings. The molecule has 9 heteroatoms. The zero-order chi connectivity index (χ0) is 17.6. The lowest BCUT2D eigenvalue weighted by Gasteiger charge is -2.28. The summed E-state index contributed by atoms with van der Waals surface area (Å²) in [5.74, 6) is 0.144. The third kappa shape index (κ3) is 4.54. The molecule has 0 spiro atoms. The van der Waals surface area contributed by atoms with Crippen molar-refractivity contribution in [2.75, 3.05) is 49.4 Å². The van der Waals surface area contributed by atoms with Crippen LogP contribution in [-0.4, -0.2) is 54.3 Å². The largest absolute Gasteiger partial charge is 0.469 e. The van der Waals surface area contributed by atoms with Crippen LogP contribution in [0.3, 0.4) is 0 Å². The van der Waals surface area contributed by atoms with E-state index in [9.17, 15) is 4.79 Å². The first-order valence-electron chi connectivity index (χ1n) is 7.91. The average molecular weight is 344 g/mol. The van der Waals surface area contributed by atoms with Gasteiger partial charge in [0.05, 0.1) is 20.3 Å². The number of rotatable bonds is 5. The Labute approximate surface area is 145 Å². The highest BCUT2D eigenvalue weighted by Crippen LogP contribution is 2.21. The number of methoxy groups -OCH3 is 1. The van der Waals surface area contributed by atoms with Gasteiger partial charge >= 0.3 is 5.97 Å². The number of nitrogens with two attached hydrogens (primary N) is 1. The van der Waals surface area contributed by atoms with Crippen molar-refractivity contribution in [3.8, 4) is 0 Å². The molecule has 0 radical (unpaired) electrons. The van der Waals surface area contributed by atoms with Crippen LogP contribution in [0.5, 0.6) is 0 Å². The number of nitrogens with one attached hydrogen (secondary N) is 1. The van der Waals surface area contributed by atoms with Crippen LogP contribution < -0.4 is 16.0 Å². The quantitative estimate of drug-likeness (QED) is 0.758. The van der Waals surface area contributed by atoms with Gasteiger partial charge in [-0.3, -0.25) is 4.79 Å². The SMILES string of the molecule is COC(=O)Cc1nc(N)nc(Nc2ccc(N3CCOCC3)cc2)n1. The third-order valence-corrected chi connectivity index (χ3v) is 3.73. The lowest BCUT2D eigenvalue weighted by Crippen LogP contribution is -2.36. The summed E-state index contributed by atoms with van der Waals surface area (Å²) in [6, 6.07) is 7.91. The molecule has 2 heterocycles. The summed E-state index contributed by atoms with van der Waals surface area (Å²) in [5, 5.41) is 3.07. The molecule has 0 saturated carbocycles. The Balaban J connectivity index is 1.70. The zero-order valence-corrected chi connectivity index (χ0v) is 13.9. The minimum atomic E-state index is -0.439. The molecule has 0 bridgehead atoms. The molecule has 1 aromatic carbocycles. The van der Waals surface area contributed by atoms with Crippen LogP contribution in [-0.2, 0) is 20.7 Å². The van der Waals surface area contributed by atoms with E-state index in [-0.39, 0.29) is 24.1 Å². The average Bonchev–Trinajstić information content (AvgIpc) is 2.62. The van der Waals surface area contributed by atoms with Gasteiger partial charge in [0.15, 0.2) is 0 Å². The maximum atomic E-state index is 11.4. The topological polar surface area (TPSA) is 115 Å². The minimum Gasteiger partial charge on any atom is -0.469 e. The molecule has 0 atom stereocenters. The van der Waals surface area contributed by atoms with Crippen molar-refractivity contribution in [2.24, 2.45) is 0 Å². The Hall–Kier alpha value is -2.94. The number of aromatic nitrogens is 3. The molecule has 1 aliphatic rings. The van der Waals surface area contributed by atoms with Crippen molar-refractivity contribution < 1.29 is 14.3 Å². The number of carbonyl (C=O) groups is 1. The van der Waals surface area contributed by atoms with Crippen LogP contribution in [0, 0.1) is 0 Å². The van der Waals surface area contributed by atoms with Gasteiger partial charge in [-0.1, -0.05) is 0 Å². The number of morpholine rings is 1. The molecule has 0 amide bonds. The Bertz CT molecular complexity index is 731. The number of nitrogen functional groups attached to an aromatic ring is 1. The van der Waals surface area contributed by atoms with Crippen LogP contribution >= 0.6 is 0 Å². The number of nitrogens with zero attached hydrogens (tertiary/aromatic N) is 4. The number of esters is 1. The second-order valence-electron chi connectivity index (χ2n) is 5.46. The number of anilines is 4. The predicted octanol–water partition coefficient (Wildman–Crippen LogP) is 0.749. The second-order valence-corrected chi connectivity index (χ2v) is 5.46. The first-order chi connectivity index (χ1) is 12.1. The van der Waals surface area contributed by atoms with Crippen molar-refractivity contribution >= 4 is 29.2 Å². The molecule has 1 fully saturated rings. The monoisotopic (exact) mass is 344 g/mol. The normalized spacial score (nSPS) is 14.2. The molecule has 0 unspecified atom stereocenters. The fourth-order valence-electron chi connectivity index (χ4n) is 2.48. The first-order valence-corrected chi connectivity index (χ1v) is 7.91.